The molecule has 1 aliphatic rings. The molecule has 114 valence electrons. The molecule has 1 heterocycles. The van der Waals surface area contributed by atoms with Crippen molar-refractivity contribution in [2.45, 2.75) is 44.4 Å². The summed E-state index contributed by atoms with van der Waals surface area (Å²) in [6.45, 7) is 8.81. The normalized spacial score (nSPS) is 16.1. The van der Waals surface area contributed by atoms with E-state index in [9.17, 15) is 4.39 Å². The van der Waals surface area contributed by atoms with E-state index >= 15 is 0 Å². The van der Waals surface area contributed by atoms with E-state index < -0.39 is 8.07 Å². The first-order valence-electron chi connectivity index (χ1n) is 7.52. The summed E-state index contributed by atoms with van der Waals surface area (Å²) in [7, 11) is -1.18. The molecule has 1 aromatic rings. The molecule has 1 saturated heterocycles. The van der Waals surface area contributed by atoms with Crippen LogP contribution in [0.1, 0.15) is 24.8 Å². The summed E-state index contributed by atoms with van der Waals surface area (Å²) in [5.41, 5.74) is 1.30. The fourth-order valence-corrected chi connectivity index (χ4v) is 5.66. The van der Waals surface area contributed by atoms with Crippen molar-refractivity contribution in [3.63, 3.8) is 0 Å². The largest absolute Gasteiger partial charge is 0.303 e. The average molecular weight is 316 g/mol. The molecule has 2 rings (SSSR count). The first kappa shape index (κ1) is 17.7. The van der Waals surface area contributed by atoms with Gasteiger partial charge in [-0.25, -0.2) is 4.39 Å². The summed E-state index contributed by atoms with van der Waals surface area (Å²) in [6.07, 6.45) is 4.10. The maximum absolute atomic E-state index is 12.9. The number of hydrogen-bond donors (Lipinski definition) is 0. The summed E-state index contributed by atoms with van der Waals surface area (Å²) in [5, 5.41) is 0. The molecule has 0 saturated carbocycles. The molecule has 1 fully saturated rings. The van der Waals surface area contributed by atoms with E-state index in [4.69, 9.17) is 0 Å². The lowest BCUT2D eigenvalue weighted by Gasteiger charge is -2.24. The standard InChI is InChI=1S/C16H26FNSi.ClH/c1-19(2,13-5-12-18-10-3-4-11-18)14-15-6-8-16(17)9-7-15;/h6-9H,3-5,10-14H2,1-2H3;1H. The fourth-order valence-electron chi connectivity index (χ4n) is 3.03. The van der Waals surface area contributed by atoms with E-state index in [0.717, 1.165) is 0 Å². The second-order valence-corrected chi connectivity index (χ2v) is 11.8. The predicted molar refractivity (Wildman–Crippen MR) is 89.9 cm³/mol. The summed E-state index contributed by atoms with van der Waals surface area (Å²) in [6, 6.07) is 9.62. The van der Waals surface area contributed by atoms with Crippen LogP contribution in [0.3, 0.4) is 0 Å². The number of rotatable bonds is 6. The molecule has 0 atom stereocenters. The quantitative estimate of drug-likeness (QED) is 0.697. The lowest BCUT2D eigenvalue weighted by molar-refractivity contribution is 0.339. The van der Waals surface area contributed by atoms with Gasteiger partial charge in [0.2, 0.25) is 0 Å². The van der Waals surface area contributed by atoms with Crippen LogP contribution in [-0.2, 0) is 6.04 Å². The highest BCUT2D eigenvalue weighted by Gasteiger charge is 2.21. The van der Waals surface area contributed by atoms with Crippen LogP contribution in [-0.4, -0.2) is 32.6 Å². The molecule has 1 nitrogen and oxygen atoms in total. The molecule has 0 N–H and O–H groups in total. The monoisotopic (exact) mass is 315 g/mol. The van der Waals surface area contributed by atoms with Crippen LogP contribution in [0, 0.1) is 5.82 Å². The first-order chi connectivity index (χ1) is 9.05. The highest BCUT2D eigenvalue weighted by Crippen LogP contribution is 2.19. The minimum Gasteiger partial charge on any atom is -0.303 e. The molecule has 1 aromatic carbocycles. The van der Waals surface area contributed by atoms with Gasteiger partial charge < -0.3 is 4.90 Å². The van der Waals surface area contributed by atoms with E-state index in [0.29, 0.717) is 0 Å². The Kier molecular flexibility index (Phi) is 7.20. The molecule has 0 amide bonds. The zero-order valence-electron chi connectivity index (χ0n) is 12.7. The number of likely N-dealkylation sites (tertiary alicyclic amines) is 1. The number of halogens is 2. The van der Waals surface area contributed by atoms with Gasteiger partial charge in [0.05, 0.1) is 8.07 Å². The molecular formula is C16H27ClFNSi. The lowest BCUT2D eigenvalue weighted by Crippen LogP contribution is -2.31. The van der Waals surface area contributed by atoms with E-state index in [1.165, 1.54) is 56.5 Å². The maximum Gasteiger partial charge on any atom is 0.123 e. The van der Waals surface area contributed by atoms with E-state index in [-0.39, 0.29) is 18.2 Å². The summed E-state index contributed by atoms with van der Waals surface area (Å²) >= 11 is 0. The third kappa shape index (κ3) is 5.94. The van der Waals surface area contributed by atoms with Crippen molar-refractivity contribution in [3.05, 3.63) is 35.6 Å². The lowest BCUT2D eigenvalue weighted by atomic mass is 10.2. The average Bonchev–Trinajstić information content (AvgIpc) is 2.85. The highest BCUT2D eigenvalue weighted by atomic mass is 35.5. The predicted octanol–water partition coefficient (Wildman–Crippen LogP) is 4.52. The molecule has 4 heteroatoms. The first-order valence-corrected chi connectivity index (χ1v) is 10.9. The van der Waals surface area contributed by atoms with Gasteiger partial charge in [0.1, 0.15) is 5.82 Å². The highest BCUT2D eigenvalue weighted by molar-refractivity contribution is 6.76. The van der Waals surface area contributed by atoms with E-state index in [1.54, 1.807) is 12.1 Å². The Balaban J connectivity index is 0.00000200. The Morgan fingerprint density at radius 2 is 1.70 bits per heavy atom. The van der Waals surface area contributed by atoms with Crippen molar-refractivity contribution in [2.75, 3.05) is 19.6 Å². The Morgan fingerprint density at radius 3 is 2.30 bits per heavy atom. The third-order valence-electron chi connectivity index (χ3n) is 4.12. The molecule has 0 unspecified atom stereocenters. The second-order valence-electron chi connectivity index (χ2n) is 6.62. The smallest absolute Gasteiger partial charge is 0.123 e. The van der Waals surface area contributed by atoms with Crippen LogP contribution in [0.15, 0.2) is 24.3 Å². The molecule has 1 aliphatic heterocycles. The van der Waals surface area contributed by atoms with E-state index in [2.05, 4.69) is 18.0 Å². The summed E-state index contributed by atoms with van der Waals surface area (Å²) in [5.74, 6) is -0.128. The van der Waals surface area contributed by atoms with Gasteiger partial charge in [0.25, 0.3) is 0 Å². The SMILES string of the molecule is C[Si](C)(CCCN1CCCC1)Cc1ccc(F)cc1.Cl. The molecular weight excluding hydrogens is 289 g/mol. The molecule has 0 spiro atoms. The second kappa shape index (κ2) is 8.16. The van der Waals surface area contributed by atoms with E-state index in [1.807, 2.05) is 12.1 Å². The minimum atomic E-state index is -1.18. The van der Waals surface area contributed by atoms with Crippen LogP contribution in [0.2, 0.25) is 19.1 Å². The van der Waals surface area contributed by atoms with Crippen molar-refractivity contribution in [2.24, 2.45) is 0 Å². The van der Waals surface area contributed by atoms with Gasteiger partial charge in [-0.1, -0.05) is 36.8 Å². The minimum absolute atomic E-state index is 0. The third-order valence-corrected chi connectivity index (χ3v) is 7.19. The van der Waals surface area contributed by atoms with Crippen molar-refractivity contribution in [3.8, 4) is 0 Å². The van der Waals surface area contributed by atoms with Crippen molar-refractivity contribution >= 4 is 20.5 Å². The van der Waals surface area contributed by atoms with Gasteiger partial charge in [-0.3, -0.25) is 0 Å². The maximum atomic E-state index is 12.9. The van der Waals surface area contributed by atoms with Gasteiger partial charge in [-0.15, -0.1) is 12.4 Å². The van der Waals surface area contributed by atoms with Gasteiger partial charge in [-0.2, -0.15) is 0 Å². The van der Waals surface area contributed by atoms with Crippen molar-refractivity contribution in [1.29, 1.82) is 0 Å². The van der Waals surface area contributed by atoms with Crippen LogP contribution in [0.4, 0.5) is 4.39 Å². The van der Waals surface area contributed by atoms with Gasteiger partial charge >= 0.3 is 0 Å². The van der Waals surface area contributed by atoms with Gasteiger partial charge in [0.15, 0.2) is 0 Å². The Bertz CT molecular complexity index is 388. The van der Waals surface area contributed by atoms with Crippen molar-refractivity contribution < 1.29 is 4.39 Å². The fraction of sp³-hybridized carbons (Fsp3) is 0.625. The summed E-state index contributed by atoms with van der Waals surface area (Å²) in [4.78, 5) is 2.60. The number of benzene rings is 1. The number of hydrogen-bond acceptors (Lipinski definition) is 1. The zero-order valence-corrected chi connectivity index (χ0v) is 14.5. The van der Waals surface area contributed by atoms with Crippen molar-refractivity contribution in [1.82, 2.24) is 4.90 Å². The van der Waals surface area contributed by atoms with Crippen LogP contribution >= 0.6 is 12.4 Å². The molecule has 0 aromatic heterocycles. The molecule has 0 bridgehead atoms. The Morgan fingerprint density at radius 1 is 1.10 bits per heavy atom. The zero-order chi connectivity index (χ0) is 13.7. The van der Waals surface area contributed by atoms with Crippen LogP contribution < -0.4 is 0 Å². The van der Waals surface area contributed by atoms with Gasteiger partial charge in [0, 0.05) is 0 Å². The number of nitrogens with zero attached hydrogens (tertiary/aromatic N) is 1. The molecule has 0 aliphatic carbocycles. The van der Waals surface area contributed by atoms with Crippen LogP contribution in [0.25, 0.3) is 0 Å². The van der Waals surface area contributed by atoms with Gasteiger partial charge in [-0.05, 0) is 57.1 Å². The molecule has 0 radical (unpaired) electrons. The topological polar surface area (TPSA) is 3.24 Å². The molecule has 20 heavy (non-hydrogen) atoms. The summed E-state index contributed by atoms with van der Waals surface area (Å²) < 4.78 is 12.9. The Labute approximate surface area is 130 Å². The Hall–Kier alpha value is -0.383. The van der Waals surface area contributed by atoms with Crippen LogP contribution in [0.5, 0.6) is 0 Å².